The molecular formula is C20H38N2O6S. The molecule has 0 radical (unpaired) electrons. The van der Waals surface area contributed by atoms with Gasteiger partial charge in [-0.15, -0.1) is 0 Å². The smallest absolute Gasteiger partial charge is 0.408 e. The molecule has 2 atom stereocenters. The number of aliphatic hydroxyl groups excluding tert-OH is 1. The summed E-state index contributed by atoms with van der Waals surface area (Å²) in [6.45, 7) is 10.3. The van der Waals surface area contributed by atoms with Crippen molar-refractivity contribution in [3.63, 3.8) is 0 Å². The number of rotatable bonds is 9. The maximum atomic E-state index is 12.7. The third-order valence-electron chi connectivity index (χ3n) is 4.83. The summed E-state index contributed by atoms with van der Waals surface area (Å²) < 4.78 is 31.4. The molecule has 1 saturated carbocycles. The van der Waals surface area contributed by atoms with E-state index in [0.29, 0.717) is 6.42 Å². The van der Waals surface area contributed by atoms with Crippen molar-refractivity contribution in [1.82, 2.24) is 5.32 Å². The van der Waals surface area contributed by atoms with Gasteiger partial charge in [-0.25, -0.2) is 13.8 Å². The molecule has 0 unspecified atom stereocenters. The average Bonchev–Trinajstić information content (AvgIpc) is 2.47. The summed E-state index contributed by atoms with van der Waals surface area (Å²) in [4.78, 5) is 24.6. The Morgan fingerprint density at radius 2 is 1.66 bits per heavy atom. The number of ether oxygens (including phenoxy) is 2. The Morgan fingerprint density at radius 1 is 1.10 bits per heavy atom. The highest BCUT2D eigenvalue weighted by molar-refractivity contribution is 7.92. The highest BCUT2D eigenvalue weighted by Gasteiger charge is 2.37. The minimum absolute atomic E-state index is 0.0165. The zero-order valence-electron chi connectivity index (χ0n) is 18.6. The van der Waals surface area contributed by atoms with Gasteiger partial charge >= 0.3 is 12.1 Å². The predicted molar refractivity (Wildman–Crippen MR) is 112 cm³/mol. The first-order valence-electron chi connectivity index (χ1n) is 10.1. The van der Waals surface area contributed by atoms with Gasteiger partial charge in [-0.2, -0.15) is 0 Å². The lowest BCUT2D eigenvalue weighted by atomic mass is 9.68. The quantitative estimate of drug-likeness (QED) is 0.478. The van der Waals surface area contributed by atoms with E-state index >= 15 is 0 Å². The number of esters is 1. The molecule has 3 N–H and O–H groups in total. The molecule has 1 aliphatic carbocycles. The van der Waals surface area contributed by atoms with Crippen molar-refractivity contribution in [3.05, 3.63) is 0 Å². The van der Waals surface area contributed by atoms with Gasteiger partial charge in [-0.1, -0.05) is 6.42 Å². The molecule has 0 aromatic rings. The predicted octanol–water partition coefficient (Wildman–Crippen LogP) is 3.21. The summed E-state index contributed by atoms with van der Waals surface area (Å²) >= 11 is 0. The Kier molecular flexibility index (Phi) is 8.54. The van der Waals surface area contributed by atoms with Gasteiger partial charge in [-0.3, -0.25) is 4.78 Å². The zero-order valence-corrected chi connectivity index (χ0v) is 19.4. The van der Waals surface area contributed by atoms with Crippen molar-refractivity contribution in [1.29, 1.82) is 4.78 Å². The van der Waals surface area contributed by atoms with Gasteiger partial charge < -0.3 is 19.9 Å². The number of hydrogen-bond donors (Lipinski definition) is 3. The first-order chi connectivity index (χ1) is 13.1. The maximum Gasteiger partial charge on any atom is 0.408 e. The molecule has 1 rings (SSSR count). The van der Waals surface area contributed by atoms with Gasteiger partial charge in [0.2, 0.25) is 0 Å². The Labute approximate surface area is 175 Å². The fraction of sp³-hybridized carbons (Fsp3) is 0.900. The molecule has 0 aromatic heterocycles. The summed E-state index contributed by atoms with van der Waals surface area (Å²) in [5.74, 6) is -0.528. The fourth-order valence-corrected chi connectivity index (χ4v) is 4.61. The van der Waals surface area contributed by atoms with Crippen LogP contribution in [0, 0.1) is 10.2 Å². The van der Waals surface area contributed by atoms with Crippen LogP contribution < -0.4 is 5.32 Å². The van der Waals surface area contributed by atoms with Crippen LogP contribution in [0.2, 0.25) is 0 Å². The zero-order chi connectivity index (χ0) is 22.5. The lowest BCUT2D eigenvalue weighted by Gasteiger charge is -2.40. The number of carbonyl (C=O) groups excluding carboxylic acids is 2. The molecule has 0 spiro atoms. The average molecular weight is 435 g/mol. The molecule has 0 aromatic carbocycles. The Morgan fingerprint density at radius 3 is 2.07 bits per heavy atom. The highest BCUT2D eigenvalue weighted by Crippen LogP contribution is 2.43. The SMILES string of the molecule is CC(C)(C)OC(=O)N[C@@H](CC[S@@](=N)(=O)CCC1(CO)CCC1)C(=O)OC(C)(C)C. The Bertz CT molecular complexity index is 667. The summed E-state index contributed by atoms with van der Waals surface area (Å²) in [6, 6.07) is -1.05. The number of alkyl carbamates (subject to hydrolysis) is 1. The molecular weight excluding hydrogens is 396 g/mol. The number of hydrogen-bond acceptors (Lipinski definition) is 7. The van der Waals surface area contributed by atoms with E-state index in [4.69, 9.17) is 14.3 Å². The van der Waals surface area contributed by atoms with E-state index in [-0.39, 0.29) is 29.9 Å². The second-order valence-electron chi connectivity index (χ2n) is 10.0. The van der Waals surface area contributed by atoms with Crippen LogP contribution in [-0.4, -0.2) is 56.7 Å². The molecule has 0 aliphatic heterocycles. The van der Waals surface area contributed by atoms with Crippen molar-refractivity contribution < 1.29 is 28.4 Å². The van der Waals surface area contributed by atoms with Crippen LogP contribution in [0.25, 0.3) is 0 Å². The van der Waals surface area contributed by atoms with Crippen molar-refractivity contribution in [2.45, 2.75) is 90.9 Å². The van der Waals surface area contributed by atoms with E-state index in [9.17, 15) is 18.9 Å². The van der Waals surface area contributed by atoms with Crippen LogP contribution in [0.15, 0.2) is 0 Å². The van der Waals surface area contributed by atoms with Gasteiger partial charge in [0, 0.05) is 27.8 Å². The molecule has 1 amide bonds. The van der Waals surface area contributed by atoms with Crippen molar-refractivity contribution in [2.75, 3.05) is 18.1 Å². The van der Waals surface area contributed by atoms with Gasteiger partial charge in [0.25, 0.3) is 0 Å². The molecule has 1 aliphatic rings. The van der Waals surface area contributed by atoms with Gasteiger partial charge in [-0.05, 0) is 72.6 Å². The lowest BCUT2D eigenvalue weighted by molar-refractivity contribution is -0.157. The third kappa shape index (κ3) is 9.80. The van der Waals surface area contributed by atoms with E-state index in [1.807, 2.05) is 0 Å². The highest BCUT2D eigenvalue weighted by atomic mass is 32.2. The first-order valence-corrected chi connectivity index (χ1v) is 12.0. The van der Waals surface area contributed by atoms with Crippen molar-refractivity contribution in [3.8, 4) is 0 Å². The topological polar surface area (TPSA) is 126 Å². The van der Waals surface area contributed by atoms with Crippen LogP contribution >= 0.6 is 0 Å². The molecule has 0 heterocycles. The molecule has 9 heteroatoms. The van der Waals surface area contributed by atoms with Crippen LogP contribution in [0.1, 0.15) is 73.6 Å². The van der Waals surface area contributed by atoms with E-state index in [2.05, 4.69) is 5.32 Å². The number of carbonyl (C=O) groups is 2. The number of aliphatic hydroxyl groups is 1. The largest absolute Gasteiger partial charge is 0.458 e. The molecule has 170 valence electrons. The van der Waals surface area contributed by atoms with Crippen molar-refractivity contribution >= 4 is 21.8 Å². The summed E-state index contributed by atoms with van der Waals surface area (Å²) in [6.07, 6.45) is 2.60. The van der Waals surface area contributed by atoms with E-state index < -0.39 is 39.0 Å². The Hall–Kier alpha value is -1.35. The fourth-order valence-electron chi connectivity index (χ4n) is 3.03. The standard InChI is InChI=1S/C20H38N2O6S/c1-18(2,3)27-16(24)15(22-17(25)28-19(4,5)6)8-12-29(21,26)13-11-20(14-23)9-7-10-20/h15,21,23H,7-14H2,1-6H3,(H,22,25)/t15-,29+/m0/s1. The summed E-state index contributed by atoms with van der Waals surface area (Å²) in [5, 5.41) is 12.0. The van der Waals surface area contributed by atoms with Crippen LogP contribution in [0.5, 0.6) is 0 Å². The van der Waals surface area contributed by atoms with Crippen LogP contribution in [0.4, 0.5) is 4.79 Å². The van der Waals surface area contributed by atoms with E-state index in [0.717, 1.165) is 19.3 Å². The molecule has 1 fully saturated rings. The maximum absolute atomic E-state index is 12.7. The monoisotopic (exact) mass is 434 g/mol. The van der Waals surface area contributed by atoms with Crippen molar-refractivity contribution in [2.24, 2.45) is 5.41 Å². The molecule has 0 saturated heterocycles. The van der Waals surface area contributed by atoms with Gasteiger partial charge in [0.1, 0.15) is 17.2 Å². The Balaban J connectivity index is 2.74. The van der Waals surface area contributed by atoms with Crippen LogP contribution in [-0.2, 0) is 24.0 Å². The summed E-state index contributed by atoms with van der Waals surface area (Å²) in [7, 11) is -2.96. The number of amides is 1. The van der Waals surface area contributed by atoms with Gasteiger partial charge in [0.15, 0.2) is 0 Å². The third-order valence-corrected chi connectivity index (χ3v) is 6.59. The molecule has 0 bridgehead atoms. The van der Waals surface area contributed by atoms with E-state index in [1.54, 1.807) is 41.5 Å². The van der Waals surface area contributed by atoms with Crippen LogP contribution in [0.3, 0.4) is 0 Å². The molecule has 8 nitrogen and oxygen atoms in total. The minimum atomic E-state index is -2.96. The second kappa shape index (κ2) is 9.64. The minimum Gasteiger partial charge on any atom is -0.458 e. The number of nitrogens with one attached hydrogen (secondary N) is 2. The first kappa shape index (κ1) is 25.7. The molecule has 29 heavy (non-hydrogen) atoms. The van der Waals surface area contributed by atoms with E-state index in [1.165, 1.54) is 0 Å². The normalized spacial score (nSPS) is 19.4. The van der Waals surface area contributed by atoms with Gasteiger partial charge in [0.05, 0.1) is 0 Å². The summed E-state index contributed by atoms with van der Waals surface area (Å²) in [5.41, 5.74) is -1.68. The second-order valence-corrected chi connectivity index (χ2v) is 12.4. The lowest BCUT2D eigenvalue weighted by Crippen LogP contribution is -2.46.